The number of rotatable bonds is 2. The number of aromatic nitrogens is 2. The Labute approximate surface area is 100 Å². The Morgan fingerprint density at radius 1 is 1.56 bits per heavy atom. The molecule has 2 heterocycles. The molecule has 1 aliphatic heterocycles. The molecule has 0 saturated carbocycles. The molecular formula is C10H12N2O6. The monoisotopic (exact) mass is 256 g/mol. The van der Waals surface area contributed by atoms with Crippen LogP contribution in [0.2, 0.25) is 0 Å². The second kappa shape index (κ2) is 4.00. The number of hydrogen-bond acceptors (Lipinski definition) is 6. The second-order valence-corrected chi connectivity index (χ2v) is 4.07. The molecule has 4 N–H and O–H groups in total. The first-order chi connectivity index (χ1) is 8.37. The summed E-state index contributed by atoms with van der Waals surface area (Å²) in [5.41, 5.74) is -3.26. The topological polar surface area (TPSA) is 125 Å². The third-order valence-corrected chi connectivity index (χ3v) is 2.73. The summed E-state index contributed by atoms with van der Waals surface area (Å²) >= 11 is 0. The molecular weight excluding hydrogens is 244 g/mol. The van der Waals surface area contributed by atoms with Crippen molar-refractivity contribution in [1.29, 1.82) is 0 Å². The predicted octanol–water partition coefficient (Wildman–Crippen LogP) is -1.42. The van der Waals surface area contributed by atoms with Crippen LogP contribution in [0, 0.1) is 0 Å². The number of hydrogen-bond donors (Lipinski definition) is 4. The summed E-state index contributed by atoms with van der Waals surface area (Å²) in [6.07, 6.45) is -0.127. The van der Waals surface area contributed by atoms with E-state index in [-0.39, 0.29) is 5.76 Å². The molecule has 1 unspecified atom stereocenters. The van der Waals surface area contributed by atoms with Crippen molar-refractivity contribution in [3.05, 3.63) is 44.6 Å². The molecule has 0 fully saturated rings. The van der Waals surface area contributed by atoms with Gasteiger partial charge in [0.15, 0.2) is 17.1 Å². The van der Waals surface area contributed by atoms with Gasteiger partial charge >= 0.3 is 5.69 Å². The first-order valence-corrected chi connectivity index (χ1v) is 5.12. The third kappa shape index (κ3) is 1.71. The fourth-order valence-corrected chi connectivity index (χ4v) is 1.76. The van der Waals surface area contributed by atoms with E-state index in [0.29, 0.717) is 0 Å². The number of aliphatic hydroxyl groups is 3. The highest BCUT2D eigenvalue weighted by atomic mass is 16.6. The smallest absolute Gasteiger partial charge is 0.331 e. The lowest BCUT2D eigenvalue weighted by atomic mass is 10.0. The molecule has 18 heavy (non-hydrogen) atoms. The minimum atomic E-state index is -1.87. The highest BCUT2D eigenvalue weighted by molar-refractivity contribution is 5.20. The van der Waals surface area contributed by atoms with Crippen LogP contribution in [0.4, 0.5) is 0 Å². The van der Waals surface area contributed by atoms with Gasteiger partial charge in [-0.1, -0.05) is 0 Å². The van der Waals surface area contributed by atoms with E-state index in [1.807, 2.05) is 4.98 Å². The highest BCUT2D eigenvalue weighted by Gasteiger charge is 2.48. The van der Waals surface area contributed by atoms with Crippen LogP contribution in [0.25, 0.3) is 0 Å². The van der Waals surface area contributed by atoms with Crippen molar-refractivity contribution in [2.45, 2.75) is 18.8 Å². The maximum Gasteiger partial charge on any atom is 0.331 e. The lowest BCUT2D eigenvalue weighted by Crippen LogP contribution is -2.42. The largest absolute Gasteiger partial charge is 0.506 e. The van der Waals surface area contributed by atoms with E-state index in [0.717, 1.165) is 16.8 Å². The normalized spacial score (nSPS) is 27.4. The fraction of sp³-hybridized carbons (Fsp3) is 0.400. The molecule has 98 valence electrons. The van der Waals surface area contributed by atoms with Crippen LogP contribution in [-0.4, -0.2) is 37.1 Å². The lowest BCUT2D eigenvalue weighted by Gasteiger charge is -2.25. The van der Waals surface area contributed by atoms with Crippen molar-refractivity contribution in [2.24, 2.45) is 0 Å². The molecule has 0 spiro atoms. The highest BCUT2D eigenvalue weighted by Crippen LogP contribution is 2.38. The van der Waals surface area contributed by atoms with E-state index in [1.54, 1.807) is 0 Å². The molecule has 0 bridgehead atoms. The van der Waals surface area contributed by atoms with E-state index in [2.05, 4.69) is 0 Å². The Morgan fingerprint density at radius 2 is 2.22 bits per heavy atom. The number of aliphatic hydroxyl groups excluding tert-OH is 2. The van der Waals surface area contributed by atoms with E-state index >= 15 is 0 Å². The number of H-pyrrole nitrogens is 1. The van der Waals surface area contributed by atoms with Crippen LogP contribution in [0.3, 0.4) is 0 Å². The van der Waals surface area contributed by atoms with Crippen LogP contribution >= 0.6 is 0 Å². The SMILES string of the molecule is CC1(O)C(O)=C(CO)O[C@H]1n1ccc(=O)[nH]c1=O. The molecule has 1 aromatic heterocycles. The summed E-state index contributed by atoms with van der Waals surface area (Å²) in [5.74, 6) is -0.767. The van der Waals surface area contributed by atoms with Gasteiger partial charge in [0.1, 0.15) is 6.61 Å². The minimum Gasteiger partial charge on any atom is -0.506 e. The maximum atomic E-state index is 11.6. The average Bonchev–Trinajstić information content (AvgIpc) is 2.52. The maximum absolute atomic E-state index is 11.6. The summed E-state index contributed by atoms with van der Waals surface area (Å²) in [4.78, 5) is 24.5. The molecule has 8 heteroatoms. The number of ether oxygens (including phenoxy) is 1. The number of aromatic amines is 1. The van der Waals surface area contributed by atoms with Crippen molar-refractivity contribution < 1.29 is 20.1 Å². The zero-order chi connectivity index (χ0) is 13.5. The molecule has 0 aliphatic carbocycles. The van der Waals surface area contributed by atoms with Gasteiger partial charge in [-0.2, -0.15) is 0 Å². The van der Waals surface area contributed by atoms with Gasteiger partial charge in [0.05, 0.1) is 0 Å². The van der Waals surface area contributed by atoms with Gasteiger partial charge in [0.2, 0.25) is 6.23 Å². The number of nitrogens with zero attached hydrogens (tertiary/aromatic N) is 1. The van der Waals surface area contributed by atoms with Crippen molar-refractivity contribution in [3.63, 3.8) is 0 Å². The second-order valence-electron chi connectivity index (χ2n) is 4.07. The fourth-order valence-electron chi connectivity index (χ4n) is 1.76. The third-order valence-electron chi connectivity index (χ3n) is 2.73. The average molecular weight is 256 g/mol. The first-order valence-electron chi connectivity index (χ1n) is 5.12. The predicted molar refractivity (Wildman–Crippen MR) is 58.8 cm³/mol. The summed E-state index contributed by atoms with van der Waals surface area (Å²) in [5, 5.41) is 28.7. The summed E-state index contributed by atoms with van der Waals surface area (Å²) in [6, 6.07) is 1.08. The Bertz CT molecular complexity index is 611. The Kier molecular flexibility index (Phi) is 2.76. The molecule has 1 aromatic rings. The molecule has 0 amide bonds. The van der Waals surface area contributed by atoms with Crippen molar-refractivity contribution in [2.75, 3.05) is 6.61 Å². The van der Waals surface area contributed by atoms with Crippen LogP contribution in [-0.2, 0) is 4.74 Å². The van der Waals surface area contributed by atoms with E-state index in [9.17, 15) is 19.8 Å². The summed E-state index contributed by atoms with van der Waals surface area (Å²) in [6.45, 7) is 0.615. The molecule has 8 nitrogen and oxygen atoms in total. The van der Waals surface area contributed by atoms with Gasteiger partial charge in [-0.15, -0.1) is 0 Å². The Hall–Kier alpha value is -2.06. The molecule has 0 aromatic carbocycles. The Balaban J connectivity index is 2.49. The van der Waals surface area contributed by atoms with Crippen LogP contribution in [0.15, 0.2) is 33.4 Å². The van der Waals surface area contributed by atoms with E-state index in [1.165, 1.54) is 6.92 Å². The summed E-state index contributed by atoms with van der Waals surface area (Å²) in [7, 11) is 0. The zero-order valence-electron chi connectivity index (χ0n) is 9.45. The quantitative estimate of drug-likeness (QED) is 0.514. The van der Waals surface area contributed by atoms with Crippen LogP contribution in [0.1, 0.15) is 13.2 Å². The van der Waals surface area contributed by atoms with Crippen molar-refractivity contribution in [3.8, 4) is 0 Å². The molecule has 2 rings (SSSR count). The van der Waals surface area contributed by atoms with Crippen molar-refractivity contribution >= 4 is 0 Å². The molecule has 0 saturated heterocycles. The Morgan fingerprint density at radius 3 is 2.72 bits per heavy atom. The van der Waals surface area contributed by atoms with Crippen LogP contribution in [0.5, 0.6) is 0 Å². The lowest BCUT2D eigenvalue weighted by molar-refractivity contribution is -0.0785. The summed E-state index contributed by atoms with van der Waals surface area (Å²) < 4.78 is 6.03. The van der Waals surface area contributed by atoms with E-state index in [4.69, 9.17) is 9.84 Å². The van der Waals surface area contributed by atoms with E-state index < -0.39 is 35.4 Å². The van der Waals surface area contributed by atoms with Gasteiger partial charge in [-0.25, -0.2) is 4.79 Å². The standard InChI is InChI=1S/C10H12N2O6/c1-10(17)7(15)5(4-13)18-8(10)12-3-2-6(14)11-9(12)16/h2-3,8,13,15,17H,4H2,1H3,(H,11,14,16)/t8-,10?/m1/s1. The first kappa shape index (κ1) is 12.4. The van der Waals surface area contributed by atoms with Gasteiger partial charge in [-0.05, 0) is 6.92 Å². The van der Waals surface area contributed by atoms with Gasteiger partial charge in [0, 0.05) is 12.3 Å². The zero-order valence-corrected chi connectivity index (χ0v) is 9.45. The van der Waals surface area contributed by atoms with Gasteiger partial charge < -0.3 is 20.1 Å². The minimum absolute atomic E-state index is 0.219. The van der Waals surface area contributed by atoms with Crippen molar-refractivity contribution in [1.82, 2.24) is 9.55 Å². The molecule has 1 aliphatic rings. The number of nitrogens with one attached hydrogen (secondary N) is 1. The van der Waals surface area contributed by atoms with Crippen LogP contribution < -0.4 is 11.2 Å². The molecule has 0 radical (unpaired) electrons. The molecule has 2 atom stereocenters. The van der Waals surface area contributed by atoms with Gasteiger partial charge in [-0.3, -0.25) is 14.3 Å². The van der Waals surface area contributed by atoms with Gasteiger partial charge in [0.25, 0.3) is 5.56 Å².